The summed E-state index contributed by atoms with van der Waals surface area (Å²) in [5, 5.41) is 17.0. The molecule has 0 saturated carbocycles. The minimum absolute atomic E-state index is 0.249. The van der Waals surface area contributed by atoms with Gasteiger partial charge in [-0.15, -0.1) is 0 Å². The molecular formula is C7H9F3O3. The maximum absolute atomic E-state index is 11.9. The van der Waals surface area contributed by atoms with E-state index in [9.17, 15) is 18.0 Å². The average Bonchev–Trinajstić information content (AvgIpc) is 1.82. The highest BCUT2D eigenvalue weighted by Crippen LogP contribution is 2.28. The first-order chi connectivity index (χ1) is 5.80. The van der Waals surface area contributed by atoms with Crippen LogP contribution in [0.2, 0.25) is 0 Å². The van der Waals surface area contributed by atoms with Crippen LogP contribution in [0, 0.1) is 0 Å². The van der Waals surface area contributed by atoms with Crippen LogP contribution in [-0.2, 0) is 4.79 Å². The topological polar surface area (TPSA) is 57.5 Å². The second kappa shape index (κ2) is 4.15. The number of halogens is 3. The van der Waals surface area contributed by atoms with Crippen molar-refractivity contribution in [1.82, 2.24) is 0 Å². The molecule has 76 valence electrons. The van der Waals surface area contributed by atoms with Gasteiger partial charge in [-0.3, -0.25) is 0 Å². The van der Waals surface area contributed by atoms with Gasteiger partial charge in [-0.25, -0.2) is 4.79 Å². The molecule has 0 aliphatic heterocycles. The number of carbonyl (C=O) groups is 1. The van der Waals surface area contributed by atoms with E-state index in [1.807, 2.05) is 0 Å². The molecule has 6 heteroatoms. The summed E-state index contributed by atoms with van der Waals surface area (Å²) in [6.45, 7) is 1.53. The number of aliphatic hydroxyl groups excluding tert-OH is 1. The van der Waals surface area contributed by atoms with Crippen LogP contribution in [0.4, 0.5) is 13.2 Å². The van der Waals surface area contributed by atoms with Gasteiger partial charge in [-0.1, -0.05) is 6.92 Å². The minimum Gasteiger partial charge on any atom is -0.511 e. The molecule has 0 bridgehead atoms. The van der Waals surface area contributed by atoms with Crippen molar-refractivity contribution in [2.45, 2.75) is 25.9 Å². The van der Waals surface area contributed by atoms with Crippen LogP contribution in [0.1, 0.15) is 19.8 Å². The van der Waals surface area contributed by atoms with Crippen molar-refractivity contribution in [3.05, 3.63) is 11.3 Å². The molecule has 13 heavy (non-hydrogen) atoms. The molecule has 2 N–H and O–H groups in total. The Labute approximate surface area is 72.5 Å². The molecule has 0 fully saturated rings. The first kappa shape index (κ1) is 11.8. The van der Waals surface area contributed by atoms with Gasteiger partial charge in [0.05, 0.1) is 0 Å². The fourth-order valence-electron chi connectivity index (χ4n) is 0.770. The van der Waals surface area contributed by atoms with Crippen molar-refractivity contribution in [1.29, 1.82) is 0 Å². The van der Waals surface area contributed by atoms with Crippen LogP contribution in [0.5, 0.6) is 0 Å². The van der Waals surface area contributed by atoms with E-state index in [1.165, 1.54) is 6.92 Å². The molecular weight excluding hydrogens is 189 g/mol. The number of aliphatic hydroxyl groups is 1. The highest BCUT2D eigenvalue weighted by atomic mass is 19.4. The number of carboxylic acid groups (broad SMARTS) is 1. The summed E-state index contributed by atoms with van der Waals surface area (Å²) in [5.41, 5.74) is -1.88. The van der Waals surface area contributed by atoms with Crippen molar-refractivity contribution in [2.24, 2.45) is 0 Å². The number of allylic oxidation sites excluding steroid dienone is 1. The zero-order valence-electron chi connectivity index (χ0n) is 6.85. The smallest absolute Gasteiger partial charge is 0.426 e. The summed E-state index contributed by atoms with van der Waals surface area (Å²) in [6.07, 6.45) is -5.05. The third kappa shape index (κ3) is 3.35. The lowest BCUT2D eigenvalue weighted by Crippen LogP contribution is -2.22. The zero-order valence-corrected chi connectivity index (χ0v) is 6.85. The normalized spacial score (nSPS) is 13.8. The number of carboxylic acids is 1. The summed E-state index contributed by atoms with van der Waals surface area (Å²) < 4.78 is 35.8. The Morgan fingerprint density at radius 2 is 1.77 bits per heavy atom. The molecule has 0 rings (SSSR count). The molecule has 0 aromatic heterocycles. The number of hydrogen-bond acceptors (Lipinski definition) is 2. The number of aliphatic carboxylic acids is 1. The van der Waals surface area contributed by atoms with E-state index in [1.54, 1.807) is 0 Å². The molecule has 0 unspecified atom stereocenters. The summed E-state index contributed by atoms with van der Waals surface area (Å²) >= 11 is 0. The van der Waals surface area contributed by atoms with Crippen molar-refractivity contribution >= 4 is 5.97 Å². The fraction of sp³-hybridized carbons (Fsp3) is 0.571. The Balaban J connectivity index is 5.01. The molecule has 0 aliphatic rings. The van der Waals surface area contributed by atoms with Gasteiger partial charge in [0.2, 0.25) is 0 Å². The van der Waals surface area contributed by atoms with E-state index >= 15 is 0 Å². The predicted octanol–water partition coefficient (Wildman–Crippen LogP) is 2.25. The lowest BCUT2D eigenvalue weighted by atomic mass is 10.1. The summed E-state index contributed by atoms with van der Waals surface area (Å²) in [6, 6.07) is 0. The van der Waals surface area contributed by atoms with Crippen LogP contribution in [0.3, 0.4) is 0 Å². The van der Waals surface area contributed by atoms with Crippen LogP contribution >= 0.6 is 0 Å². The van der Waals surface area contributed by atoms with E-state index in [2.05, 4.69) is 0 Å². The van der Waals surface area contributed by atoms with E-state index in [0.29, 0.717) is 0 Å². The highest BCUT2D eigenvalue weighted by molar-refractivity contribution is 5.88. The van der Waals surface area contributed by atoms with Gasteiger partial charge in [0.1, 0.15) is 5.76 Å². The second-order valence-electron chi connectivity index (χ2n) is 2.37. The largest absolute Gasteiger partial charge is 0.511 e. The molecule has 0 amide bonds. The van der Waals surface area contributed by atoms with Crippen LogP contribution in [0.25, 0.3) is 0 Å². The standard InChI is InChI=1S/C7H9F3O3/c1-2-3-4(11)5(6(12)13)7(8,9)10/h11H,2-3H2,1H3,(H,12,13). The molecule has 0 heterocycles. The zero-order chi connectivity index (χ0) is 10.6. The van der Waals surface area contributed by atoms with Gasteiger partial charge in [0, 0.05) is 6.42 Å². The molecule has 3 nitrogen and oxygen atoms in total. The Bertz CT molecular complexity index is 230. The number of alkyl halides is 3. The number of rotatable bonds is 3. The molecule has 0 atom stereocenters. The quantitative estimate of drug-likeness (QED) is 0.540. The van der Waals surface area contributed by atoms with Gasteiger partial charge in [-0.2, -0.15) is 13.2 Å². The first-order valence-electron chi connectivity index (χ1n) is 3.53. The Morgan fingerprint density at radius 1 is 1.31 bits per heavy atom. The molecule has 0 aromatic rings. The van der Waals surface area contributed by atoms with Gasteiger partial charge in [-0.05, 0) is 6.42 Å². The molecule has 0 aromatic carbocycles. The number of hydrogen-bond donors (Lipinski definition) is 2. The third-order valence-electron chi connectivity index (χ3n) is 1.27. The Morgan fingerprint density at radius 3 is 2.00 bits per heavy atom. The van der Waals surface area contributed by atoms with Gasteiger partial charge in [0.25, 0.3) is 0 Å². The predicted molar refractivity (Wildman–Crippen MR) is 38.3 cm³/mol. The van der Waals surface area contributed by atoms with Crippen LogP contribution in [0.15, 0.2) is 11.3 Å². The van der Waals surface area contributed by atoms with E-state index in [4.69, 9.17) is 10.2 Å². The lowest BCUT2D eigenvalue weighted by Gasteiger charge is -2.09. The maximum atomic E-state index is 11.9. The minimum atomic E-state index is -5.01. The SMILES string of the molecule is CCCC(O)=C(C(=O)O)C(F)(F)F. The van der Waals surface area contributed by atoms with Crippen molar-refractivity contribution in [2.75, 3.05) is 0 Å². The van der Waals surface area contributed by atoms with Gasteiger partial charge in [0.15, 0.2) is 5.57 Å². The molecule has 0 aliphatic carbocycles. The van der Waals surface area contributed by atoms with Gasteiger partial charge >= 0.3 is 12.1 Å². The summed E-state index contributed by atoms with van der Waals surface area (Å²) in [7, 11) is 0. The Hall–Kier alpha value is -1.20. The second-order valence-corrected chi connectivity index (χ2v) is 2.37. The maximum Gasteiger partial charge on any atom is 0.426 e. The van der Waals surface area contributed by atoms with Crippen molar-refractivity contribution in [3.63, 3.8) is 0 Å². The van der Waals surface area contributed by atoms with E-state index in [-0.39, 0.29) is 12.8 Å². The summed E-state index contributed by atoms with van der Waals surface area (Å²) in [5.74, 6) is -3.28. The third-order valence-corrected chi connectivity index (χ3v) is 1.27. The van der Waals surface area contributed by atoms with Crippen molar-refractivity contribution in [3.8, 4) is 0 Å². The van der Waals surface area contributed by atoms with Crippen molar-refractivity contribution < 1.29 is 28.2 Å². The first-order valence-corrected chi connectivity index (χ1v) is 3.53. The van der Waals surface area contributed by atoms with Gasteiger partial charge < -0.3 is 10.2 Å². The molecule has 0 spiro atoms. The van der Waals surface area contributed by atoms with Crippen LogP contribution in [-0.4, -0.2) is 22.4 Å². The Kier molecular flexibility index (Phi) is 3.77. The van der Waals surface area contributed by atoms with Crippen LogP contribution < -0.4 is 0 Å². The van der Waals surface area contributed by atoms with E-state index < -0.39 is 23.5 Å². The monoisotopic (exact) mass is 198 g/mol. The molecule has 0 saturated heterocycles. The van der Waals surface area contributed by atoms with E-state index in [0.717, 1.165) is 0 Å². The fourth-order valence-corrected chi connectivity index (χ4v) is 0.770. The average molecular weight is 198 g/mol. The summed E-state index contributed by atoms with van der Waals surface area (Å²) in [4.78, 5) is 10.1. The highest BCUT2D eigenvalue weighted by Gasteiger charge is 2.41. The molecule has 0 radical (unpaired) electrons. The lowest BCUT2D eigenvalue weighted by molar-refractivity contribution is -0.145.